The van der Waals surface area contributed by atoms with Crippen LogP contribution in [0.5, 0.6) is 0 Å². The van der Waals surface area contributed by atoms with Gasteiger partial charge in [0.15, 0.2) is 0 Å². The Morgan fingerprint density at radius 2 is 2.11 bits per heavy atom. The van der Waals surface area contributed by atoms with E-state index in [1.165, 1.54) is 0 Å². The number of benzene rings is 1. The van der Waals surface area contributed by atoms with Crippen LogP contribution >= 0.6 is 11.6 Å². The molecule has 2 saturated heterocycles. The second kappa shape index (κ2) is 15.2. The number of carboxylic acid groups (broad SMARTS) is 1. The fraction of sp³-hybridized carbons (Fsp3) is 0.692. The van der Waals surface area contributed by atoms with Gasteiger partial charge in [-0.3, -0.25) is 0 Å². The molecule has 0 bridgehead atoms. The summed E-state index contributed by atoms with van der Waals surface area (Å²) in [5.74, 6) is 0.634. The molecule has 9 nitrogen and oxygen atoms in total. The number of ether oxygens (including phenoxy) is 2. The summed E-state index contributed by atoms with van der Waals surface area (Å²) < 4.78 is 11.8. The van der Waals surface area contributed by atoms with Gasteiger partial charge in [-0.15, -0.1) is 0 Å². The number of rotatable bonds is 11. The number of halogens is 1. The summed E-state index contributed by atoms with van der Waals surface area (Å²) in [6.45, 7) is 4.06. The molecule has 0 spiro atoms. The fourth-order valence-electron chi connectivity index (χ4n) is 5.29. The van der Waals surface area contributed by atoms with Crippen molar-refractivity contribution < 1.29 is 24.2 Å². The fourth-order valence-corrected chi connectivity index (χ4v) is 5.49. The average molecular weight is 525 g/mol. The summed E-state index contributed by atoms with van der Waals surface area (Å²) in [6, 6.07) is 7.58. The standard InChI is InChI=1S/C26H41ClN4O5/c1-28-17-23(15-19-5-4-12-35-13-9-19)30-25(32)31-11-3-7-21(18-31)24(36-14-10-29-26(33)34)20-6-2-8-22(27)16-20/h2,6,8,16,19,21,23-24,28-29H,3-5,7,9-15,17-18H2,1H3,(H,30,32)(H,33,34)/t19-,21-,23+,24+/m1/s1. The van der Waals surface area contributed by atoms with E-state index in [0.29, 0.717) is 24.0 Å². The highest BCUT2D eigenvalue weighted by molar-refractivity contribution is 6.30. The number of carbonyl (C=O) groups is 2. The highest BCUT2D eigenvalue weighted by atomic mass is 35.5. The van der Waals surface area contributed by atoms with E-state index in [1.54, 1.807) is 0 Å². The molecule has 2 fully saturated rings. The number of likely N-dealkylation sites (tertiary alicyclic amines) is 1. The van der Waals surface area contributed by atoms with Crippen molar-refractivity contribution in [2.24, 2.45) is 11.8 Å². The normalized spacial score (nSPS) is 22.3. The Balaban J connectivity index is 1.62. The lowest BCUT2D eigenvalue weighted by Crippen LogP contribution is -2.52. The predicted octanol–water partition coefficient (Wildman–Crippen LogP) is 3.88. The van der Waals surface area contributed by atoms with Crippen molar-refractivity contribution in [3.05, 3.63) is 34.9 Å². The van der Waals surface area contributed by atoms with Gasteiger partial charge >= 0.3 is 12.1 Å². The minimum atomic E-state index is -1.08. The maximum absolute atomic E-state index is 13.3. The third kappa shape index (κ3) is 9.42. The number of nitrogens with one attached hydrogen (secondary N) is 3. The van der Waals surface area contributed by atoms with E-state index in [-0.39, 0.29) is 37.2 Å². The van der Waals surface area contributed by atoms with Crippen LogP contribution in [0.1, 0.15) is 50.2 Å². The number of hydrogen-bond acceptors (Lipinski definition) is 5. The number of urea groups is 1. The Morgan fingerprint density at radius 3 is 2.89 bits per heavy atom. The summed E-state index contributed by atoms with van der Waals surface area (Å²) in [4.78, 5) is 26.0. The number of amides is 3. The molecule has 0 unspecified atom stereocenters. The van der Waals surface area contributed by atoms with Gasteiger partial charge in [0.2, 0.25) is 0 Å². The molecule has 3 amide bonds. The topological polar surface area (TPSA) is 112 Å². The Labute approximate surface area is 219 Å². The van der Waals surface area contributed by atoms with Crippen LogP contribution in [-0.4, -0.2) is 81.2 Å². The molecule has 10 heteroatoms. The molecule has 4 N–H and O–H groups in total. The van der Waals surface area contributed by atoms with Crippen LogP contribution in [0.15, 0.2) is 24.3 Å². The van der Waals surface area contributed by atoms with Gasteiger partial charge in [-0.1, -0.05) is 23.7 Å². The zero-order chi connectivity index (χ0) is 25.8. The minimum absolute atomic E-state index is 0.0396. The molecular formula is C26H41ClN4O5. The van der Waals surface area contributed by atoms with Gasteiger partial charge in [-0.05, 0) is 69.2 Å². The molecule has 0 radical (unpaired) electrons. The van der Waals surface area contributed by atoms with Gasteiger partial charge in [-0.2, -0.15) is 0 Å². The number of piperidine rings is 1. The van der Waals surface area contributed by atoms with Crippen molar-refractivity contribution in [3.8, 4) is 0 Å². The van der Waals surface area contributed by atoms with Crippen LogP contribution in [-0.2, 0) is 9.47 Å². The number of hydrogen-bond donors (Lipinski definition) is 4. The first-order valence-corrected chi connectivity index (χ1v) is 13.5. The highest BCUT2D eigenvalue weighted by Crippen LogP contribution is 2.34. The zero-order valence-electron chi connectivity index (χ0n) is 21.2. The van der Waals surface area contributed by atoms with E-state index in [4.69, 9.17) is 26.2 Å². The van der Waals surface area contributed by atoms with Gasteiger partial charge in [0.1, 0.15) is 0 Å². The van der Waals surface area contributed by atoms with Gasteiger partial charge in [-0.25, -0.2) is 9.59 Å². The monoisotopic (exact) mass is 524 g/mol. The summed E-state index contributed by atoms with van der Waals surface area (Å²) in [5.41, 5.74) is 0.939. The van der Waals surface area contributed by atoms with E-state index in [9.17, 15) is 9.59 Å². The Kier molecular flexibility index (Phi) is 12.1. The first kappa shape index (κ1) is 28.5. The molecule has 1 aromatic carbocycles. The summed E-state index contributed by atoms with van der Waals surface area (Å²) in [6.07, 6.45) is 4.62. The molecule has 0 aromatic heterocycles. The smallest absolute Gasteiger partial charge is 0.404 e. The highest BCUT2D eigenvalue weighted by Gasteiger charge is 2.32. The molecule has 2 heterocycles. The van der Waals surface area contributed by atoms with E-state index in [1.807, 2.05) is 36.2 Å². The van der Waals surface area contributed by atoms with E-state index < -0.39 is 6.09 Å². The summed E-state index contributed by atoms with van der Waals surface area (Å²) >= 11 is 6.25. The van der Waals surface area contributed by atoms with Crippen molar-refractivity contribution in [2.45, 2.75) is 50.7 Å². The van der Waals surface area contributed by atoms with Crippen molar-refractivity contribution in [1.82, 2.24) is 20.9 Å². The third-order valence-corrected chi connectivity index (χ3v) is 7.23. The zero-order valence-corrected chi connectivity index (χ0v) is 22.0. The van der Waals surface area contributed by atoms with Crippen molar-refractivity contribution in [2.75, 3.05) is 53.0 Å². The molecule has 3 rings (SSSR count). The Bertz CT molecular complexity index is 821. The van der Waals surface area contributed by atoms with E-state index >= 15 is 0 Å². The maximum Gasteiger partial charge on any atom is 0.404 e. The van der Waals surface area contributed by atoms with Crippen molar-refractivity contribution >= 4 is 23.7 Å². The van der Waals surface area contributed by atoms with Gasteiger partial charge in [0.05, 0.1) is 12.7 Å². The molecule has 2 aliphatic heterocycles. The number of nitrogens with zero attached hydrogens (tertiary/aromatic N) is 1. The molecule has 4 atom stereocenters. The Hall–Kier alpha value is -2.07. The first-order valence-electron chi connectivity index (χ1n) is 13.1. The molecule has 0 saturated carbocycles. The van der Waals surface area contributed by atoms with Crippen molar-refractivity contribution in [3.63, 3.8) is 0 Å². The lowest BCUT2D eigenvalue weighted by atomic mass is 9.88. The van der Waals surface area contributed by atoms with Crippen LogP contribution in [0.2, 0.25) is 5.02 Å². The van der Waals surface area contributed by atoms with Crippen LogP contribution in [0, 0.1) is 11.8 Å². The number of likely N-dealkylation sites (N-methyl/N-ethyl adjacent to an activating group) is 1. The summed E-state index contributed by atoms with van der Waals surface area (Å²) in [7, 11) is 1.92. The molecule has 2 aliphatic rings. The second-order valence-electron chi connectivity index (χ2n) is 9.78. The Morgan fingerprint density at radius 1 is 1.25 bits per heavy atom. The SMILES string of the molecule is CNC[C@H](C[C@@H]1CCCOCC1)NC(=O)N1CCC[C@@H]([C@@H](OCCNC(=O)O)c2cccc(Cl)c2)C1. The average Bonchev–Trinajstić information content (AvgIpc) is 3.13. The van der Waals surface area contributed by atoms with Gasteiger partial charge in [0.25, 0.3) is 0 Å². The van der Waals surface area contributed by atoms with Gasteiger partial charge < -0.3 is 35.4 Å². The first-order chi connectivity index (χ1) is 17.5. The summed E-state index contributed by atoms with van der Waals surface area (Å²) in [5, 5.41) is 18.3. The second-order valence-corrected chi connectivity index (χ2v) is 10.2. The molecule has 202 valence electrons. The molecular weight excluding hydrogens is 484 g/mol. The van der Waals surface area contributed by atoms with Crippen LogP contribution in [0.25, 0.3) is 0 Å². The van der Waals surface area contributed by atoms with E-state index in [2.05, 4.69) is 16.0 Å². The van der Waals surface area contributed by atoms with Crippen LogP contribution in [0.4, 0.5) is 9.59 Å². The predicted molar refractivity (Wildman–Crippen MR) is 139 cm³/mol. The molecule has 36 heavy (non-hydrogen) atoms. The molecule has 1 aromatic rings. The lowest BCUT2D eigenvalue weighted by Gasteiger charge is -2.38. The van der Waals surface area contributed by atoms with Crippen LogP contribution in [0.3, 0.4) is 0 Å². The van der Waals surface area contributed by atoms with E-state index in [0.717, 1.165) is 63.8 Å². The largest absolute Gasteiger partial charge is 0.465 e. The molecule has 0 aliphatic carbocycles. The quantitative estimate of drug-likeness (QED) is 0.327. The van der Waals surface area contributed by atoms with Gasteiger partial charge in [0, 0.05) is 56.4 Å². The maximum atomic E-state index is 13.3. The third-order valence-electron chi connectivity index (χ3n) is 6.99. The lowest BCUT2D eigenvalue weighted by molar-refractivity contribution is -0.00850. The van der Waals surface area contributed by atoms with Crippen LogP contribution < -0.4 is 16.0 Å². The van der Waals surface area contributed by atoms with Crippen molar-refractivity contribution in [1.29, 1.82) is 0 Å². The minimum Gasteiger partial charge on any atom is -0.465 e. The number of carbonyl (C=O) groups excluding carboxylic acids is 1.